The molecule has 2 heterocycles. The second kappa shape index (κ2) is 11.8. The molecule has 0 bridgehead atoms. The van der Waals surface area contributed by atoms with Crippen LogP contribution in [0.4, 0.5) is 13.2 Å². The summed E-state index contributed by atoms with van der Waals surface area (Å²) < 4.78 is 45.2. The molecule has 0 radical (unpaired) electrons. The van der Waals surface area contributed by atoms with E-state index in [4.69, 9.17) is 4.74 Å². The van der Waals surface area contributed by atoms with E-state index in [1.54, 1.807) is 24.9 Å². The summed E-state index contributed by atoms with van der Waals surface area (Å²) in [5, 5.41) is 0. The van der Waals surface area contributed by atoms with E-state index in [1.807, 2.05) is 30.3 Å². The highest BCUT2D eigenvalue weighted by molar-refractivity contribution is 5.83. The minimum atomic E-state index is -4.38. The van der Waals surface area contributed by atoms with Crippen LogP contribution in [0, 0.1) is 6.92 Å². The number of hydrogen-bond acceptors (Lipinski definition) is 4. The molecular formula is C28H36F3N3O2. The standard InChI is InChI=1S/C28H36F3N3O2/c1-21-18-22(20-24(19-21)28(29,30)31)8-11-32(2)27(35)26(23-6-4-3-5-7-23)34-12-9-25(10-13-34)33-14-16-36-17-15-33/h3-7,18-20,25-26H,8-17H2,1-2H3. The molecule has 0 spiro atoms. The van der Waals surface area contributed by atoms with E-state index in [9.17, 15) is 18.0 Å². The van der Waals surface area contributed by atoms with Crippen LogP contribution < -0.4 is 0 Å². The Labute approximate surface area is 211 Å². The molecule has 4 rings (SSSR count). The minimum absolute atomic E-state index is 0.0188. The first kappa shape index (κ1) is 26.6. The number of piperidine rings is 1. The number of likely N-dealkylation sites (tertiary alicyclic amines) is 1. The van der Waals surface area contributed by atoms with Crippen molar-refractivity contribution < 1.29 is 22.7 Å². The number of amides is 1. The van der Waals surface area contributed by atoms with Crippen molar-refractivity contribution in [1.82, 2.24) is 14.7 Å². The molecule has 0 saturated carbocycles. The van der Waals surface area contributed by atoms with Crippen molar-refractivity contribution in [3.05, 3.63) is 70.8 Å². The van der Waals surface area contributed by atoms with Crippen molar-refractivity contribution in [2.45, 2.75) is 44.4 Å². The first-order valence-corrected chi connectivity index (χ1v) is 12.8. The summed E-state index contributed by atoms with van der Waals surface area (Å²) in [7, 11) is 1.75. The topological polar surface area (TPSA) is 36.0 Å². The summed E-state index contributed by atoms with van der Waals surface area (Å²) in [4.78, 5) is 20.2. The lowest BCUT2D eigenvalue weighted by atomic mass is 9.97. The predicted octanol–water partition coefficient (Wildman–Crippen LogP) is 4.55. The molecule has 1 unspecified atom stereocenters. The molecule has 2 aromatic rings. The molecule has 2 aliphatic rings. The largest absolute Gasteiger partial charge is 0.416 e. The predicted molar refractivity (Wildman–Crippen MR) is 134 cm³/mol. The third-order valence-electron chi connectivity index (χ3n) is 7.35. The molecule has 196 valence electrons. The van der Waals surface area contributed by atoms with Crippen molar-refractivity contribution in [3.8, 4) is 0 Å². The summed E-state index contributed by atoms with van der Waals surface area (Å²) in [5.74, 6) is -0.0188. The number of likely N-dealkylation sites (N-methyl/N-ethyl adjacent to an activating group) is 1. The van der Waals surface area contributed by atoms with Crippen LogP contribution in [0.2, 0.25) is 0 Å². The van der Waals surface area contributed by atoms with Crippen LogP contribution in [0.25, 0.3) is 0 Å². The quantitative estimate of drug-likeness (QED) is 0.556. The van der Waals surface area contributed by atoms with Gasteiger partial charge in [0.1, 0.15) is 6.04 Å². The van der Waals surface area contributed by atoms with Gasteiger partial charge >= 0.3 is 6.18 Å². The van der Waals surface area contributed by atoms with Crippen LogP contribution in [-0.4, -0.2) is 79.6 Å². The van der Waals surface area contributed by atoms with Gasteiger partial charge in [0, 0.05) is 45.8 Å². The van der Waals surface area contributed by atoms with Crippen LogP contribution in [0.1, 0.15) is 41.1 Å². The average molecular weight is 504 g/mol. The van der Waals surface area contributed by atoms with Gasteiger partial charge in [-0.2, -0.15) is 13.2 Å². The van der Waals surface area contributed by atoms with Gasteiger partial charge in [0.05, 0.1) is 18.8 Å². The number of aryl methyl sites for hydroxylation is 1. The third-order valence-corrected chi connectivity index (χ3v) is 7.35. The van der Waals surface area contributed by atoms with Gasteiger partial charge in [-0.1, -0.05) is 42.0 Å². The van der Waals surface area contributed by atoms with E-state index in [0.29, 0.717) is 30.1 Å². The van der Waals surface area contributed by atoms with Crippen LogP contribution in [0.3, 0.4) is 0 Å². The monoisotopic (exact) mass is 503 g/mol. The minimum Gasteiger partial charge on any atom is -0.379 e. The Balaban J connectivity index is 1.43. The van der Waals surface area contributed by atoms with E-state index in [1.165, 1.54) is 6.07 Å². The number of halogens is 3. The smallest absolute Gasteiger partial charge is 0.379 e. The molecule has 2 saturated heterocycles. The lowest BCUT2D eigenvalue weighted by molar-refractivity contribution is -0.138. The number of nitrogens with zero attached hydrogens (tertiary/aromatic N) is 3. The van der Waals surface area contributed by atoms with Crippen LogP contribution >= 0.6 is 0 Å². The molecule has 2 fully saturated rings. The zero-order chi connectivity index (χ0) is 25.7. The summed E-state index contributed by atoms with van der Waals surface area (Å²) in [5.41, 5.74) is 1.47. The number of rotatable bonds is 7. The molecule has 2 aromatic carbocycles. The van der Waals surface area contributed by atoms with Gasteiger partial charge in [0.2, 0.25) is 5.91 Å². The molecule has 36 heavy (non-hydrogen) atoms. The number of carbonyl (C=O) groups excluding carboxylic acids is 1. The fourth-order valence-electron chi connectivity index (χ4n) is 5.38. The first-order valence-electron chi connectivity index (χ1n) is 12.8. The summed E-state index contributed by atoms with van der Waals surface area (Å²) in [6.45, 7) is 7.16. The highest BCUT2D eigenvalue weighted by atomic mass is 19.4. The van der Waals surface area contributed by atoms with Crippen molar-refractivity contribution >= 4 is 5.91 Å². The maximum atomic E-state index is 13.7. The van der Waals surface area contributed by atoms with Gasteiger partial charge in [0.15, 0.2) is 0 Å². The Morgan fingerprint density at radius 1 is 1.06 bits per heavy atom. The number of hydrogen-bond donors (Lipinski definition) is 0. The number of ether oxygens (including phenoxy) is 1. The van der Waals surface area contributed by atoms with Crippen molar-refractivity contribution in [2.75, 3.05) is 53.0 Å². The molecule has 0 aliphatic carbocycles. The van der Waals surface area contributed by atoms with Gasteiger partial charge in [-0.25, -0.2) is 0 Å². The van der Waals surface area contributed by atoms with Gasteiger partial charge in [-0.3, -0.25) is 14.6 Å². The van der Waals surface area contributed by atoms with Crippen LogP contribution in [0.5, 0.6) is 0 Å². The average Bonchev–Trinajstić information content (AvgIpc) is 2.88. The van der Waals surface area contributed by atoms with E-state index in [0.717, 1.165) is 63.9 Å². The Kier molecular flexibility index (Phi) is 8.70. The number of alkyl halides is 3. The van der Waals surface area contributed by atoms with Gasteiger partial charge < -0.3 is 9.64 Å². The van der Waals surface area contributed by atoms with Gasteiger partial charge in [0.25, 0.3) is 0 Å². The zero-order valence-corrected chi connectivity index (χ0v) is 21.1. The van der Waals surface area contributed by atoms with Crippen molar-refractivity contribution in [1.29, 1.82) is 0 Å². The Bertz CT molecular complexity index is 1000. The van der Waals surface area contributed by atoms with Gasteiger partial charge in [-0.15, -0.1) is 0 Å². The third kappa shape index (κ3) is 6.66. The Morgan fingerprint density at radius 2 is 1.72 bits per heavy atom. The number of benzene rings is 2. The molecule has 0 N–H and O–H groups in total. The molecular weight excluding hydrogens is 467 g/mol. The van der Waals surface area contributed by atoms with Gasteiger partial charge in [-0.05, 0) is 49.4 Å². The summed E-state index contributed by atoms with van der Waals surface area (Å²) in [6.07, 6.45) is -2.00. The highest BCUT2D eigenvalue weighted by Gasteiger charge is 2.35. The maximum Gasteiger partial charge on any atom is 0.416 e. The molecule has 8 heteroatoms. The normalized spacial score (nSPS) is 19.2. The molecule has 5 nitrogen and oxygen atoms in total. The molecule has 2 aliphatic heterocycles. The zero-order valence-electron chi connectivity index (χ0n) is 21.1. The van der Waals surface area contributed by atoms with Crippen LogP contribution in [0.15, 0.2) is 48.5 Å². The number of carbonyl (C=O) groups is 1. The second-order valence-electron chi connectivity index (χ2n) is 9.94. The Morgan fingerprint density at radius 3 is 2.36 bits per heavy atom. The Hall–Kier alpha value is -2.42. The highest BCUT2D eigenvalue weighted by Crippen LogP contribution is 2.31. The number of morpholine rings is 1. The first-order chi connectivity index (χ1) is 17.2. The lowest BCUT2D eigenvalue weighted by Gasteiger charge is -2.42. The maximum absolute atomic E-state index is 13.7. The fourth-order valence-corrected chi connectivity index (χ4v) is 5.38. The molecule has 1 amide bonds. The van der Waals surface area contributed by atoms with E-state index < -0.39 is 17.8 Å². The summed E-state index contributed by atoms with van der Waals surface area (Å²) in [6, 6.07) is 14.0. The van der Waals surface area contributed by atoms with E-state index in [2.05, 4.69) is 9.80 Å². The summed E-state index contributed by atoms with van der Waals surface area (Å²) >= 11 is 0. The second-order valence-corrected chi connectivity index (χ2v) is 9.94. The SMILES string of the molecule is Cc1cc(CCN(C)C(=O)C(c2ccccc2)N2CCC(N3CCOCC3)CC2)cc(C(F)(F)F)c1. The molecule has 0 aromatic heterocycles. The van der Waals surface area contributed by atoms with Crippen molar-refractivity contribution in [3.63, 3.8) is 0 Å². The lowest BCUT2D eigenvalue weighted by Crippen LogP contribution is -2.51. The van der Waals surface area contributed by atoms with E-state index in [-0.39, 0.29) is 5.91 Å². The van der Waals surface area contributed by atoms with Crippen LogP contribution in [-0.2, 0) is 22.1 Å². The fraction of sp³-hybridized carbons (Fsp3) is 0.536. The molecule has 1 atom stereocenters. The van der Waals surface area contributed by atoms with E-state index >= 15 is 0 Å². The van der Waals surface area contributed by atoms with Crippen molar-refractivity contribution in [2.24, 2.45) is 0 Å².